The monoisotopic (exact) mass is 255 g/mol. The molecule has 0 aliphatic carbocycles. The zero-order chi connectivity index (χ0) is 13.1. The maximum Gasteiger partial charge on any atom is 0.349 e. The average Bonchev–Trinajstić information content (AvgIpc) is 2.77. The van der Waals surface area contributed by atoms with Crippen LogP contribution in [0.4, 0.5) is 10.2 Å². The van der Waals surface area contributed by atoms with Gasteiger partial charge in [0.05, 0.1) is 12.6 Å². The second-order valence-corrected chi connectivity index (χ2v) is 4.19. The van der Waals surface area contributed by atoms with Crippen LogP contribution in [0.3, 0.4) is 0 Å². The summed E-state index contributed by atoms with van der Waals surface area (Å²) in [6.45, 7) is 2.17. The molecular formula is C11H14FN3O3. The van der Waals surface area contributed by atoms with E-state index in [-0.39, 0.29) is 18.5 Å². The van der Waals surface area contributed by atoms with E-state index in [1.165, 1.54) is 6.92 Å². The Hall–Kier alpha value is -1.76. The molecule has 0 spiro atoms. The Bertz CT molecular complexity index is 509. The summed E-state index contributed by atoms with van der Waals surface area (Å²) in [5.41, 5.74) is -0.601. The summed E-state index contributed by atoms with van der Waals surface area (Å²) in [6, 6.07) is 0. The van der Waals surface area contributed by atoms with Crippen LogP contribution in [0.25, 0.3) is 0 Å². The van der Waals surface area contributed by atoms with E-state index in [0.29, 0.717) is 6.61 Å². The van der Waals surface area contributed by atoms with Crippen molar-refractivity contribution in [3.63, 3.8) is 0 Å². The van der Waals surface area contributed by atoms with Crippen LogP contribution in [-0.4, -0.2) is 28.2 Å². The van der Waals surface area contributed by atoms with Gasteiger partial charge in [-0.25, -0.2) is 9.18 Å². The molecule has 1 N–H and O–H groups in total. The molecule has 98 valence electrons. The van der Waals surface area contributed by atoms with Gasteiger partial charge in [0.25, 0.3) is 0 Å². The van der Waals surface area contributed by atoms with Crippen molar-refractivity contribution >= 4 is 11.7 Å². The van der Waals surface area contributed by atoms with Gasteiger partial charge in [-0.3, -0.25) is 9.36 Å². The first-order valence-electron chi connectivity index (χ1n) is 5.72. The molecule has 1 atom stereocenters. The van der Waals surface area contributed by atoms with Crippen LogP contribution in [0.15, 0.2) is 11.0 Å². The third-order valence-electron chi connectivity index (χ3n) is 2.67. The van der Waals surface area contributed by atoms with Crippen LogP contribution in [0, 0.1) is 5.82 Å². The molecule has 2 rings (SSSR count). The van der Waals surface area contributed by atoms with Crippen molar-refractivity contribution in [1.82, 2.24) is 9.55 Å². The zero-order valence-corrected chi connectivity index (χ0v) is 9.98. The molecular weight excluding hydrogens is 241 g/mol. The van der Waals surface area contributed by atoms with E-state index in [9.17, 15) is 14.0 Å². The fourth-order valence-corrected chi connectivity index (χ4v) is 1.86. The minimum absolute atomic E-state index is 0.0736. The number of rotatable bonds is 3. The third-order valence-corrected chi connectivity index (χ3v) is 2.67. The molecule has 1 aromatic heterocycles. The molecule has 0 bridgehead atoms. The maximum atomic E-state index is 13.6. The highest BCUT2D eigenvalue weighted by molar-refractivity contribution is 5.87. The fraction of sp³-hybridized carbons (Fsp3) is 0.545. The number of amides is 1. The van der Waals surface area contributed by atoms with Gasteiger partial charge in [-0.05, 0) is 12.8 Å². The quantitative estimate of drug-likeness (QED) is 0.854. The van der Waals surface area contributed by atoms with E-state index in [2.05, 4.69) is 10.3 Å². The maximum absolute atomic E-state index is 13.6. The predicted octanol–water partition coefficient (Wildman–Crippen LogP) is 0.520. The standard InChI is InChI=1S/C11H14FN3O3/c1-7(16)13-10-9(12)6-15(11(17)14-10)5-8-3-2-4-18-8/h6,8H,2-5H2,1H3,(H,13,14,16,17). The Balaban J connectivity index is 2.19. The van der Waals surface area contributed by atoms with Crippen molar-refractivity contribution in [1.29, 1.82) is 0 Å². The highest BCUT2D eigenvalue weighted by Crippen LogP contribution is 2.14. The number of halogens is 1. The third kappa shape index (κ3) is 2.92. The second-order valence-electron chi connectivity index (χ2n) is 4.19. The van der Waals surface area contributed by atoms with Crippen molar-refractivity contribution in [2.45, 2.75) is 32.4 Å². The predicted molar refractivity (Wildman–Crippen MR) is 61.7 cm³/mol. The summed E-state index contributed by atoms with van der Waals surface area (Å²) in [7, 11) is 0. The van der Waals surface area contributed by atoms with Crippen molar-refractivity contribution in [3.8, 4) is 0 Å². The minimum atomic E-state index is -0.734. The average molecular weight is 255 g/mol. The van der Waals surface area contributed by atoms with Gasteiger partial charge >= 0.3 is 5.69 Å². The highest BCUT2D eigenvalue weighted by atomic mass is 19.1. The van der Waals surface area contributed by atoms with Gasteiger partial charge in [0.15, 0.2) is 11.6 Å². The first kappa shape index (κ1) is 12.7. The van der Waals surface area contributed by atoms with E-state index >= 15 is 0 Å². The highest BCUT2D eigenvalue weighted by Gasteiger charge is 2.18. The lowest BCUT2D eigenvalue weighted by Gasteiger charge is -2.12. The number of ether oxygens (including phenoxy) is 1. The molecule has 7 heteroatoms. The van der Waals surface area contributed by atoms with Crippen LogP contribution >= 0.6 is 0 Å². The van der Waals surface area contributed by atoms with Crippen LogP contribution in [0.5, 0.6) is 0 Å². The van der Waals surface area contributed by atoms with Crippen molar-refractivity contribution < 1.29 is 13.9 Å². The van der Waals surface area contributed by atoms with Crippen LogP contribution < -0.4 is 11.0 Å². The lowest BCUT2D eigenvalue weighted by Crippen LogP contribution is -2.29. The molecule has 2 heterocycles. The number of hydrogen-bond donors (Lipinski definition) is 1. The number of anilines is 1. The summed E-state index contributed by atoms with van der Waals surface area (Å²) < 4.78 is 20.1. The van der Waals surface area contributed by atoms with E-state index in [0.717, 1.165) is 23.6 Å². The summed E-state index contributed by atoms with van der Waals surface area (Å²) in [5, 5.41) is 2.17. The van der Waals surface area contributed by atoms with Gasteiger partial charge in [0.1, 0.15) is 0 Å². The van der Waals surface area contributed by atoms with E-state index < -0.39 is 17.4 Å². The Morgan fingerprint density at radius 2 is 2.50 bits per heavy atom. The summed E-state index contributed by atoms with van der Waals surface area (Å²) in [6.07, 6.45) is 2.76. The molecule has 6 nitrogen and oxygen atoms in total. The summed E-state index contributed by atoms with van der Waals surface area (Å²) in [5.74, 6) is -1.54. The Morgan fingerprint density at radius 1 is 1.72 bits per heavy atom. The van der Waals surface area contributed by atoms with Crippen molar-refractivity contribution in [2.75, 3.05) is 11.9 Å². The first-order chi connectivity index (χ1) is 8.56. The first-order valence-corrected chi connectivity index (χ1v) is 5.72. The van der Waals surface area contributed by atoms with Crippen LogP contribution in [0.1, 0.15) is 19.8 Å². The largest absolute Gasteiger partial charge is 0.376 e. The molecule has 1 amide bonds. The van der Waals surface area contributed by atoms with Crippen LogP contribution in [-0.2, 0) is 16.1 Å². The van der Waals surface area contributed by atoms with Crippen LogP contribution in [0.2, 0.25) is 0 Å². The molecule has 0 radical (unpaired) electrons. The topological polar surface area (TPSA) is 73.2 Å². The van der Waals surface area contributed by atoms with Crippen molar-refractivity contribution in [2.24, 2.45) is 0 Å². The van der Waals surface area contributed by atoms with Gasteiger partial charge in [-0.15, -0.1) is 0 Å². The molecule has 1 aromatic rings. The molecule has 1 saturated heterocycles. The zero-order valence-electron chi connectivity index (χ0n) is 9.98. The lowest BCUT2D eigenvalue weighted by atomic mass is 10.2. The Labute approximate surface area is 103 Å². The Kier molecular flexibility index (Phi) is 3.71. The lowest BCUT2D eigenvalue weighted by molar-refractivity contribution is -0.114. The van der Waals surface area contributed by atoms with E-state index in [4.69, 9.17) is 4.74 Å². The Morgan fingerprint density at radius 3 is 3.11 bits per heavy atom. The number of nitrogens with zero attached hydrogens (tertiary/aromatic N) is 2. The number of aromatic nitrogens is 2. The number of hydrogen-bond acceptors (Lipinski definition) is 4. The molecule has 1 fully saturated rings. The van der Waals surface area contributed by atoms with Gasteiger partial charge < -0.3 is 10.1 Å². The van der Waals surface area contributed by atoms with Gasteiger partial charge in [0.2, 0.25) is 5.91 Å². The van der Waals surface area contributed by atoms with E-state index in [1.807, 2.05) is 0 Å². The minimum Gasteiger partial charge on any atom is -0.376 e. The van der Waals surface area contributed by atoms with Crippen molar-refractivity contribution in [3.05, 3.63) is 22.5 Å². The molecule has 1 unspecified atom stereocenters. The number of carbonyl (C=O) groups excluding carboxylic acids is 1. The van der Waals surface area contributed by atoms with Gasteiger partial charge in [-0.2, -0.15) is 4.98 Å². The SMILES string of the molecule is CC(=O)Nc1nc(=O)n(CC2CCCO2)cc1F. The smallest absolute Gasteiger partial charge is 0.349 e. The normalized spacial score (nSPS) is 18.9. The summed E-state index contributed by atoms with van der Waals surface area (Å²) >= 11 is 0. The van der Waals surface area contributed by atoms with Gasteiger partial charge in [0, 0.05) is 19.7 Å². The number of carbonyl (C=O) groups is 1. The number of nitrogens with one attached hydrogen (secondary N) is 1. The second kappa shape index (κ2) is 5.26. The van der Waals surface area contributed by atoms with E-state index in [1.54, 1.807) is 0 Å². The molecule has 1 aliphatic rings. The molecule has 1 aliphatic heterocycles. The fourth-order valence-electron chi connectivity index (χ4n) is 1.86. The molecule has 0 saturated carbocycles. The molecule has 18 heavy (non-hydrogen) atoms. The molecule has 0 aromatic carbocycles. The summed E-state index contributed by atoms with van der Waals surface area (Å²) in [4.78, 5) is 25.9. The van der Waals surface area contributed by atoms with Gasteiger partial charge in [-0.1, -0.05) is 0 Å².